The average Bonchev–Trinajstić information content (AvgIpc) is 1.89. The van der Waals surface area contributed by atoms with Gasteiger partial charge in [0.25, 0.3) is 0 Å². The second-order valence-corrected chi connectivity index (χ2v) is 3.55. The van der Waals surface area contributed by atoms with Gasteiger partial charge < -0.3 is 0 Å². The summed E-state index contributed by atoms with van der Waals surface area (Å²) >= 11 is 0. The first-order valence-electron chi connectivity index (χ1n) is 4.72. The van der Waals surface area contributed by atoms with Crippen LogP contribution in [0.15, 0.2) is 0 Å². The van der Waals surface area contributed by atoms with Crippen LogP contribution in [-0.4, -0.2) is 17.4 Å². The fraction of sp³-hybridized carbons (Fsp3) is 1.00. The minimum Gasteiger partial charge on any atom is -0.0654 e. The van der Waals surface area contributed by atoms with Crippen LogP contribution in [0, 0.1) is 11.8 Å². The SMILES string of the molecule is CCCCC(CC)C(C)C.[AlH3]. The zero-order valence-electron chi connectivity index (χ0n) is 7.98. The van der Waals surface area contributed by atoms with E-state index in [0.29, 0.717) is 0 Å². The molecule has 0 N–H and O–H groups in total. The zero-order valence-corrected chi connectivity index (χ0v) is 7.98. The minimum absolute atomic E-state index is 0. The summed E-state index contributed by atoms with van der Waals surface area (Å²) in [5.41, 5.74) is 0. The van der Waals surface area contributed by atoms with Crippen molar-refractivity contribution in [2.24, 2.45) is 11.8 Å². The monoisotopic (exact) mass is 172 g/mol. The maximum absolute atomic E-state index is 2.34. The highest BCUT2D eigenvalue weighted by Crippen LogP contribution is 2.20. The second-order valence-electron chi connectivity index (χ2n) is 3.55. The lowest BCUT2D eigenvalue weighted by Gasteiger charge is -2.17. The molecule has 0 radical (unpaired) electrons. The highest BCUT2D eigenvalue weighted by molar-refractivity contribution is 5.75. The Hall–Kier alpha value is 0.532. The van der Waals surface area contributed by atoms with Crippen LogP contribution in [0.25, 0.3) is 0 Å². The molecule has 0 nitrogen and oxygen atoms in total. The van der Waals surface area contributed by atoms with Crippen LogP contribution in [0.2, 0.25) is 0 Å². The van der Waals surface area contributed by atoms with Crippen LogP contribution < -0.4 is 0 Å². The van der Waals surface area contributed by atoms with Gasteiger partial charge in [-0.3, -0.25) is 0 Å². The van der Waals surface area contributed by atoms with Crippen LogP contribution in [-0.2, 0) is 0 Å². The van der Waals surface area contributed by atoms with Crippen LogP contribution in [0.3, 0.4) is 0 Å². The molecular formula is C10H25Al. The molecule has 1 unspecified atom stereocenters. The lowest BCUT2D eigenvalue weighted by Crippen LogP contribution is -2.06. The van der Waals surface area contributed by atoms with Crippen molar-refractivity contribution in [2.45, 2.75) is 53.4 Å². The van der Waals surface area contributed by atoms with Gasteiger partial charge in [0, 0.05) is 0 Å². The molecule has 0 saturated carbocycles. The van der Waals surface area contributed by atoms with E-state index in [1.54, 1.807) is 0 Å². The number of hydrogen-bond acceptors (Lipinski definition) is 0. The second kappa shape index (κ2) is 8.63. The molecule has 0 aromatic carbocycles. The van der Waals surface area contributed by atoms with Gasteiger partial charge in [0.15, 0.2) is 17.4 Å². The van der Waals surface area contributed by atoms with Crippen LogP contribution in [0.1, 0.15) is 53.4 Å². The maximum atomic E-state index is 2.34. The summed E-state index contributed by atoms with van der Waals surface area (Å²) in [5, 5.41) is 0. The normalized spacial score (nSPS) is 12.8. The first kappa shape index (κ1) is 14.1. The Bertz CT molecular complexity index is 69.3. The van der Waals surface area contributed by atoms with E-state index < -0.39 is 0 Å². The summed E-state index contributed by atoms with van der Waals surface area (Å²) < 4.78 is 0. The van der Waals surface area contributed by atoms with E-state index in [1.165, 1.54) is 25.7 Å². The molecule has 1 atom stereocenters. The van der Waals surface area contributed by atoms with Crippen molar-refractivity contribution in [3.63, 3.8) is 0 Å². The fourth-order valence-electron chi connectivity index (χ4n) is 1.48. The topological polar surface area (TPSA) is 0 Å². The molecular weight excluding hydrogens is 147 g/mol. The zero-order chi connectivity index (χ0) is 7.98. The standard InChI is InChI=1S/C10H22.Al.3H/c1-5-7-8-10(6-2)9(3)4;;;;/h9-10H,5-8H2,1-4H3;;;;. The third kappa shape index (κ3) is 6.91. The Morgan fingerprint density at radius 2 is 1.64 bits per heavy atom. The molecule has 0 aromatic heterocycles. The first-order chi connectivity index (χ1) is 4.72. The molecule has 0 bridgehead atoms. The van der Waals surface area contributed by atoms with Crippen molar-refractivity contribution >= 4 is 17.4 Å². The third-order valence-electron chi connectivity index (χ3n) is 2.40. The number of hydrogen-bond donors (Lipinski definition) is 0. The Morgan fingerprint density at radius 1 is 1.09 bits per heavy atom. The van der Waals surface area contributed by atoms with Crippen LogP contribution in [0.4, 0.5) is 0 Å². The van der Waals surface area contributed by atoms with Gasteiger partial charge in [-0.05, 0) is 11.8 Å². The molecule has 68 valence electrons. The molecule has 0 spiro atoms. The summed E-state index contributed by atoms with van der Waals surface area (Å²) in [4.78, 5) is 0. The average molecular weight is 172 g/mol. The molecule has 0 aliphatic carbocycles. The molecule has 0 fully saturated rings. The molecule has 0 heterocycles. The molecule has 0 aliphatic heterocycles. The lowest BCUT2D eigenvalue weighted by molar-refractivity contribution is 0.339. The number of rotatable bonds is 5. The summed E-state index contributed by atoms with van der Waals surface area (Å²) in [6.07, 6.45) is 5.56. The molecule has 1 heteroatoms. The summed E-state index contributed by atoms with van der Waals surface area (Å²) in [6.45, 7) is 9.25. The van der Waals surface area contributed by atoms with Crippen LogP contribution in [0.5, 0.6) is 0 Å². The number of unbranched alkanes of at least 4 members (excludes halogenated alkanes) is 1. The van der Waals surface area contributed by atoms with E-state index in [2.05, 4.69) is 27.7 Å². The Balaban J connectivity index is 0. The summed E-state index contributed by atoms with van der Waals surface area (Å²) in [5.74, 6) is 1.86. The molecule has 0 saturated heterocycles. The molecule has 11 heavy (non-hydrogen) atoms. The van der Waals surface area contributed by atoms with Crippen molar-refractivity contribution < 1.29 is 0 Å². The first-order valence-corrected chi connectivity index (χ1v) is 4.72. The highest BCUT2D eigenvalue weighted by atomic mass is 27.0. The predicted octanol–water partition coefficient (Wildman–Crippen LogP) is 2.67. The highest BCUT2D eigenvalue weighted by Gasteiger charge is 2.08. The van der Waals surface area contributed by atoms with Crippen molar-refractivity contribution in [1.29, 1.82) is 0 Å². The van der Waals surface area contributed by atoms with E-state index >= 15 is 0 Å². The molecule has 0 rings (SSSR count). The van der Waals surface area contributed by atoms with Gasteiger partial charge in [0.05, 0.1) is 0 Å². The van der Waals surface area contributed by atoms with E-state index in [1.807, 2.05) is 0 Å². The Kier molecular flexibility index (Phi) is 11.0. The molecule has 0 amide bonds. The molecule has 0 aromatic rings. The Morgan fingerprint density at radius 3 is 1.91 bits per heavy atom. The van der Waals surface area contributed by atoms with Gasteiger partial charge >= 0.3 is 0 Å². The predicted molar refractivity (Wildman–Crippen MR) is 58.1 cm³/mol. The summed E-state index contributed by atoms with van der Waals surface area (Å²) in [7, 11) is 0. The summed E-state index contributed by atoms with van der Waals surface area (Å²) in [6, 6.07) is 0. The van der Waals surface area contributed by atoms with Crippen molar-refractivity contribution in [2.75, 3.05) is 0 Å². The third-order valence-corrected chi connectivity index (χ3v) is 2.40. The lowest BCUT2D eigenvalue weighted by atomic mass is 9.89. The van der Waals surface area contributed by atoms with Crippen molar-refractivity contribution in [3.8, 4) is 0 Å². The van der Waals surface area contributed by atoms with E-state index in [4.69, 9.17) is 0 Å². The van der Waals surface area contributed by atoms with E-state index in [0.717, 1.165) is 11.8 Å². The smallest absolute Gasteiger partial charge is 0.0654 e. The van der Waals surface area contributed by atoms with Crippen molar-refractivity contribution in [1.82, 2.24) is 0 Å². The van der Waals surface area contributed by atoms with E-state index in [9.17, 15) is 0 Å². The van der Waals surface area contributed by atoms with Gasteiger partial charge in [-0.15, -0.1) is 0 Å². The minimum atomic E-state index is 0. The van der Waals surface area contributed by atoms with Gasteiger partial charge in [-0.2, -0.15) is 0 Å². The van der Waals surface area contributed by atoms with Gasteiger partial charge in [-0.25, -0.2) is 0 Å². The van der Waals surface area contributed by atoms with Crippen LogP contribution >= 0.6 is 0 Å². The van der Waals surface area contributed by atoms with Gasteiger partial charge in [0.1, 0.15) is 0 Å². The largest absolute Gasteiger partial charge is 0.187 e. The Labute approximate surface area is 82.9 Å². The van der Waals surface area contributed by atoms with Crippen molar-refractivity contribution in [3.05, 3.63) is 0 Å². The van der Waals surface area contributed by atoms with E-state index in [-0.39, 0.29) is 17.4 Å². The maximum Gasteiger partial charge on any atom is 0.187 e. The quantitative estimate of drug-likeness (QED) is 0.559. The van der Waals surface area contributed by atoms with Gasteiger partial charge in [-0.1, -0.05) is 53.4 Å². The fourth-order valence-corrected chi connectivity index (χ4v) is 1.48. The molecule has 0 aliphatic rings. The van der Waals surface area contributed by atoms with Gasteiger partial charge in [0.2, 0.25) is 0 Å².